The molecule has 0 bridgehead atoms. The maximum atomic E-state index is 11.8. The van der Waals surface area contributed by atoms with Gasteiger partial charge in [0.1, 0.15) is 5.60 Å². The van der Waals surface area contributed by atoms with E-state index in [9.17, 15) is 4.79 Å². The Balaban J connectivity index is 2.68. The summed E-state index contributed by atoms with van der Waals surface area (Å²) in [6.07, 6.45) is 4.84. The number of rotatable bonds is 4. The predicted molar refractivity (Wildman–Crippen MR) is 76.0 cm³/mol. The molecule has 0 aliphatic carbocycles. The summed E-state index contributed by atoms with van der Waals surface area (Å²) < 4.78 is 5.29. The van der Waals surface area contributed by atoms with E-state index in [2.05, 4.69) is 0 Å². The van der Waals surface area contributed by atoms with Gasteiger partial charge in [0, 0.05) is 5.88 Å². The largest absolute Gasteiger partial charge is 0.456 e. The van der Waals surface area contributed by atoms with E-state index in [4.69, 9.17) is 16.3 Å². The van der Waals surface area contributed by atoms with Crippen LogP contribution in [0.3, 0.4) is 0 Å². The van der Waals surface area contributed by atoms with Crippen molar-refractivity contribution in [2.75, 3.05) is 5.88 Å². The Labute approximate surface area is 114 Å². The van der Waals surface area contributed by atoms with Gasteiger partial charge in [-0.25, -0.2) is 4.79 Å². The molecule has 0 amide bonds. The van der Waals surface area contributed by atoms with Gasteiger partial charge in [-0.2, -0.15) is 0 Å². The van der Waals surface area contributed by atoms with Crippen molar-refractivity contribution in [1.29, 1.82) is 0 Å². The number of halogens is 1. The molecule has 0 fully saturated rings. The fraction of sp³-hybridized carbons (Fsp3) is 0.400. The van der Waals surface area contributed by atoms with Crippen LogP contribution < -0.4 is 0 Å². The Morgan fingerprint density at radius 2 is 1.89 bits per heavy atom. The van der Waals surface area contributed by atoms with Crippen molar-refractivity contribution in [2.24, 2.45) is 0 Å². The molecule has 0 radical (unpaired) electrons. The molecular weight excluding hydrogens is 248 g/mol. The zero-order valence-electron chi connectivity index (χ0n) is 11.1. The van der Waals surface area contributed by atoms with Gasteiger partial charge in [0.25, 0.3) is 0 Å². The number of ether oxygens (including phenoxy) is 1. The maximum absolute atomic E-state index is 11.8. The van der Waals surface area contributed by atoms with E-state index in [1.807, 2.05) is 45.1 Å². The molecule has 0 aliphatic heterocycles. The van der Waals surface area contributed by atoms with Crippen LogP contribution in [0.2, 0.25) is 0 Å². The van der Waals surface area contributed by atoms with Crippen molar-refractivity contribution in [2.45, 2.75) is 32.8 Å². The van der Waals surface area contributed by atoms with Crippen LogP contribution in [0, 0.1) is 0 Å². The van der Waals surface area contributed by atoms with Crippen molar-refractivity contribution in [3.05, 3.63) is 41.5 Å². The Morgan fingerprint density at radius 1 is 1.28 bits per heavy atom. The van der Waals surface area contributed by atoms with Crippen LogP contribution in [0.4, 0.5) is 0 Å². The number of carbonyl (C=O) groups is 1. The van der Waals surface area contributed by atoms with E-state index in [-0.39, 0.29) is 5.97 Å². The Morgan fingerprint density at radius 3 is 2.39 bits per heavy atom. The first-order valence-electron chi connectivity index (χ1n) is 5.98. The molecular formula is C15H19ClO2. The van der Waals surface area contributed by atoms with Crippen molar-refractivity contribution in [1.82, 2.24) is 0 Å². The molecule has 1 rings (SSSR count). The molecule has 98 valence electrons. The van der Waals surface area contributed by atoms with Crippen molar-refractivity contribution >= 4 is 23.6 Å². The molecule has 0 spiro atoms. The van der Waals surface area contributed by atoms with Crippen LogP contribution in [0.1, 0.15) is 43.1 Å². The molecule has 0 unspecified atom stereocenters. The molecule has 0 saturated heterocycles. The van der Waals surface area contributed by atoms with E-state index in [1.165, 1.54) is 0 Å². The van der Waals surface area contributed by atoms with Gasteiger partial charge in [-0.1, -0.05) is 24.3 Å². The zero-order valence-corrected chi connectivity index (χ0v) is 11.8. The second kappa shape index (κ2) is 6.60. The SMILES string of the molecule is CC(C)(C)OC(=O)c1ccc(C=CCCCl)cc1. The standard InChI is InChI=1S/C15H19ClO2/c1-15(2,3)18-14(17)13-9-7-12(8-10-13)6-4-5-11-16/h4,6-10H,5,11H2,1-3H3. The number of benzene rings is 1. The third-order valence-electron chi connectivity index (χ3n) is 2.13. The highest BCUT2D eigenvalue weighted by molar-refractivity contribution is 6.17. The van der Waals surface area contributed by atoms with Gasteiger partial charge in [-0.05, 0) is 44.9 Å². The fourth-order valence-electron chi connectivity index (χ4n) is 1.35. The Hall–Kier alpha value is -1.28. The van der Waals surface area contributed by atoms with E-state index in [0.29, 0.717) is 11.4 Å². The minimum atomic E-state index is -0.462. The lowest BCUT2D eigenvalue weighted by Gasteiger charge is -2.19. The monoisotopic (exact) mass is 266 g/mol. The van der Waals surface area contributed by atoms with Crippen molar-refractivity contribution in [3.63, 3.8) is 0 Å². The molecule has 0 atom stereocenters. The smallest absolute Gasteiger partial charge is 0.338 e. The first-order chi connectivity index (χ1) is 8.42. The second-order valence-corrected chi connectivity index (χ2v) is 5.38. The highest BCUT2D eigenvalue weighted by Crippen LogP contribution is 2.13. The summed E-state index contributed by atoms with van der Waals surface area (Å²) in [4.78, 5) is 11.8. The quantitative estimate of drug-likeness (QED) is 0.600. The minimum Gasteiger partial charge on any atom is -0.456 e. The summed E-state index contributed by atoms with van der Waals surface area (Å²) in [7, 11) is 0. The van der Waals surface area contributed by atoms with Crippen LogP contribution in [-0.4, -0.2) is 17.5 Å². The lowest BCUT2D eigenvalue weighted by molar-refractivity contribution is 0.00696. The van der Waals surface area contributed by atoms with E-state index in [1.54, 1.807) is 12.1 Å². The maximum Gasteiger partial charge on any atom is 0.338 e. The number of hydrogen-bond acceptors (Lipinski definition) is 2. The average Bonchev–Trinajstić information content (AvgIpc) is 2.28. The Kier molecular flexibility index (Phi) is 5.42. The summed E-state index contributed by atoms with van der Waals surface area (Å²) in [5.41, 5.74) is 1.16. The van der Waals surface area contributed by atoms with Crippen molar-refractivity contribution < 1.29 is 9.53 Å². The van der Waals surface area contributed by atoms with Gasteiger partial charge in [0.2, 0.25) is 0 Å². The molecule has 0 saturated carbocycles. The van der Waals surface area contributed by atoms with Gasteiger partial charge >= 0.3 is 5.97 Å². The molecule has 0 aliphatic rings. The molecule has 3 heteroatoms. The van der Waals surface area contributed by atoms with E-state index in [0.717, 1.165) is 12.0 Å². The lowest BCUT2D eigenvalue weighted by Crippen LogP contribution is -2.23. The van der Waals surface area contributed by atoms with Crippen LogP contribution in [0.5, 0.6) is 0 Å². The molecule has 0 heterocycles. The van der Waals surface area contributed by atoms with Gasteiger partial charge in [-0.15, -0.1) is 11.6 Å². The van der Waals surface area contributed by atoms with Crippen LogP contribution in [0.25, 0.3) is 6.08 Å². The molecule has 18 heavy (non-hydrogen) atoms. The van der Waals surface area contributed by atoms with E-state index < -0.39 is 5.60 Å². The third kappa shape index (κ3) is 5.37. The average molecular weight is 267 g/mol. The number of carbonyl (C=O) groups excluding carboxylic acids is 1. The lowest BCUT2D eigenvalue weighted by atomic mass is 10.1. The van der Waals surface area contributed by atoms with Gasteiger partial charge in [0.15, 0.2) is 0 Å². The third-order valence-corrected chi connectivity index (χ3v) is 2.35. The zero-order chi connectivity index (χ0) is 13.6. The summed E-state index contributed by atoms with van der Waals surface area (Å²) in [5, 5.41) is 0. The molecule has 0 N–H and O–H groups in total. The van der Waals surface area contributed by atoms with Crippen molar-refractivity contribution in [3.8, 4) is 0 Å². The summed E-state index contributed by atoms with van der Waals surface area (Å²) in [6.45, 7) is 5.57. The van der Waals surface area contributed by atoms with Gasteiger partial charge in [-0.3, -0.25) is 0 Å². The van der Waals surface area contributed by atoms with Gasteiger partial charge < -0.3 is 4.74 Å². The number of hydrogen-bond donors (Lipinski definition) is 0. The Bertz CT molecular complexity index is 413. The predicted octanol–water partition coefficient (Wildman–Crippen LogP) is 4.28. The first-order valence-corrected chi connectivity index (χ1v) is 6.52. The number of esters is 1. The normalized spacial score (nSPS) is 11.8. The highest BCUT2D eigenvalue weighted by atomic mass is 35.5. The molecule has 2 nitrogen and oxygen atoms in total. The van der Waals surface area contributed by atoms with E-state index >= 15 is 0 Å². The molecule has 1 aromatic rings. The van der Waals surface area contributed by atoms with Crippen LogP contribution in [-0.2, 0) is 4.74 Å². The summed E-state index contributed by atoms with van der Waals surface area (Å²) in [6, 6.07) is 7.33. The minimum absolute atomic E-state index is 0.293. The topological polar surface area (TPSA) is 26.3 Å². The molecule has 1 aromatic carbocycles. The van der Waals surface area contributed by atoms with Crippen LogP contribution in [0.15, 0.2) is 30.3 Å². The summed E-state index contributed by atoms with van der Waals surface area (Å²) >= 11 is 5.58. The second-order valence-electron chi connectivity index (χ2n) is 5.00. The number of allylic oxidation sites excluding steroid dienone is 1. The first kappa shape index (κ1) is 14.8. The van der Waals surface area contributed by atoms with Crippen LogP contribution >= 0.6 is 11.6 Å². The summed E-state index contributed by atoms with van der Waals surface area (Å²) in [5.74, 6) is 0.325. The highest BCUT2D eigenvalue weighted by Gasteiger charge is 2.17. The fourth-order valence-corrected chi connectivity index (χ4v) is 1.48. The number of alkyl halides is 1. The molecule has 0 aromatic heterocycles. The van der Waals surface area contributed by atoms with Gasteiger partial charge in [0.05, 0.1) is 5.56 Å².